The van der Waals surface area contributed by atoms with Crippen molar-refractivity contribution in [3.8, 4) is 0 Å². The van der Waals surface area contributed by atoms with E-state index in [1.807, 2.05) is 0 Å². The molecule has 0 aliphatic rings. The lowest BCUT2D eigenvalue weighted by molar-refractivity contribution is -0.155. The Hall–Kier alpha value is -2.24. The van der Waals surface area contributed by atoms with Gasteiger partial charge in [0, 0.05) is 19.6 Å². The Balaban J connectivity index is 5.91. The molecule has 11 heteroatoms. The first-order chi connectivity index (χ1) is 11.0. The third-order valence-electron chi connectivity index (χ3n) is 3.36. The molecule has 0 rings (SSSR count). The Bertz CT molecular complexity index is 450. The van der Waals surface area contributed by atoms with E-state index in [1.54, 1.807) is 11.9 Å². The van der Waals surface area contributed by atoms with Gasteiger partial charge in [0.1, 0.15) is 0 Å². The summed E-state index contributed by atoms with van der Waals surface area (Å²) in [4.78, 5) is 47.0. The molecule has 0 aromatic carbocycles. The van der Waals surface area contributed by atoms with Crippen molar-refractivity contribution in [2.75, 3.05) is 39.8 Å². The molecule has 0 bridgehead atoms. The molecule has 11 nitrogen and oxygen atoms in total. The van der Waals surface area contributed by atoms with E-state index >= 15 is 0 Å². The van der Waals surface area contributed by atoms with Crippen LogP contribution < -0.4 is 5.73 Å². The summed E-state index contributed by atoms with van der Waals surface area (Å²) in [6.45, 7) is -1.25. The molecular formula is C13H23N3O8. The fourth-order valence-corrected chi connectivity index (χ4v) is 2.58. The van der Waals surface area contributed by atoms with Crippen LogP contribution in [0.1, 0.15) is 12.8 Å². The average Bonchev–Trinajstić information content (AvgIpc) is 2.34. The summed E-state index contributed by atoms with van der Waals surface area (Å²) >= 11 is 0. The van der Waals surface area contributed by atoms with Crippen LogP contribution in [0.15, 0.2) is 0 Å². The molecule has 0 aliphatic carbocycles. The largest absolute Gasteiger partial charge is 0.481 e. The number of likely N-dealkylation sites (N-methyl/N-ethyl adjacent to an activating group) is 1. The number of carboxylic acid groups (broad SMARTS) is 4. The standard InChI is InChI=1S/C13H23N3O8/c1-15(3-2-14)8-13(4-9(17)18,5-10(19)20)16(6-11(21)22)7-12(23)24/h2-8,14H2,1H3,(H,17,18)(H,19,20)(H,21,22)(H,23,24). The Morgan fingerprint density at radius 2 is 1.29 bits per heavy atom. The van der Waals surface area contributed by atoms with Gasteiger partial charge in [-0.25, -0.2) is 0 Å². The first kappa shape index (κ1) is 21.8. The number of carboxylic acids is 4. The van der Waals surface area contributed by atoms with Crippen LogP contribution in [-0.2, 0) is 19.2 Å². The SMILES string of the molecule is CN(CCN)CC(CC(=O)O)(CC(=O)O)N(CC(=O)O)CC(=O)O. The molecule has 0 heterocycles. The minimum atomic E-state index is -1.71. The van der Waals surface area contributed by atoms with E-state index in [0.29, 0.717) is 6.54 Å². The van der Waals surface area contributed by atoms with Crippen LogP contribution in [0.25, 0.3) is 0 Å². The van der Waals surface area contributed by atoms with Gasteiger partial charge in [0.15, 0.2) is 0 Å². The molecular weight excluding hydrogens is 326 g/mol. The van der Waals surface area contributed by atoms with Crippen molar-refractivity contribution in [3.05, 3.63) is 0 Å². The minimum absolute atomic E-state index is 0.163. The lowest BCUT2D eigenvalue weighted by atomic mass is 9.87. The molecule has 0 radical (unpaired) electrons. The predicted molar refractivity (Wildman–Crippen MR) is 80.6 cm³/mol. The molecule has 24 heavy (non-hydrogen) atoms. The maximum Gasteiger partial charge on any atom is 0.317 e. The summed E-state index contributed by atoms with van der Waals surface area (Å²) in [6, 6.07) is 0. The second kappa shape index (κ2) is 9.80. The van der Waals surface area contributed by atoms with Gasteiger partial charge in [-0.2, -0.15) is 0 Å². The molecule has 0 aromatic heterocycles. The highest BCUT2D eigenvalue weighted by Gasteiger charge is 2.43. The zero-order chi connectivity index (χ0) is 18.9. The van der Waals surface area contributed by atoms with Crippen LogP contribution >= 0.6 is 0 Å². The molecule has 0 fully saturated rings. The zero-order valence-electron chi connectivity index (χ0n) is 13.3. The van der Waals surface area contributed by atoms with Crippen molar-refractivity contribution in [1.82, 2.24) is 9.80 Å². The van der Waals surface area contributed by atoms with E-state index in [0.717, 1.165) is 4.90 Å². The molecule has 138 valence electrons. The number of nitrogens with zero attached hydrogens (tertiary/aromatic N) is 2. The van der Waals surface area contributed by atoms with Gasteiger partial charge in [0.2, 0.25) is 0 Å². The number of carbonyl (C=O) groups is 4. The highest BCUT2D eigenvalue weighted by atomic mass is 16.4. The highest BCUT2D eigenvalue weighted by Crippen LogP contribution is 2.26. The maximum atomic E-state index is 11.3. The van der Waals surface area contributed by atoms with Gasteiger partial charge in [-0.3, -0.25) is 24.1 Å². The van der Waals surface area contributed by atoms with Crippen molar-refractivity contribution in [2.45, 2.75) is 18.4 Å². The fraction of sp³-hybridized carbons (Fsp3) is 0.692. The summed E-state index contributed by atoms with van der Waals surface area (Å²) in [5.74, 6) is -5.51. The fourth-order valence-electron chi connectivity index (χ4n) is 2.58. The quantitative estimate of drug-likeness (QED) is 0.249. The normalized spacial score (nSPS) is 11.7. The second-order valence-corrected chi connectivity index (χ2v) is 5.54. The molecule has 0 amide bonds. The van der Waals surface area contributed by atoms with E-state index < -0.39 is 55.3 Å². The summed E-state index contributed by atoms with van der Waals surface area (Å²) in [7, 11) is 1.56. The maximum absolute atomic E-state index is 11.3. The third-order valence-corrected chi connectivity index (χ3v) is 3.36. The van der Waals surface area contributed by atoms with Crippen LogP contribution in [-0.4, -0.2) is 99.4 Å². The van der Waals surface area contributed by atoms with Gasteiger partial charge in [-0.15, -0.1) is 0 Å². The van der Waals surface area contributed by atoms with Crippen molar-refractivity contribution in [3.63, 3.8) is 0 Å². The Morgan fingerprint density at radius 1 is 0.875 bits per heavy atom. The van der Waals surface area contributed by atoms with Crippen molar-refractivity contribution in [2.24, 2.45) is 5.73 Å². The Morgan fingerprint density at radius 3 is 1.58 bits per heavy atom. The lowest BCUT2D eigenvalue weighted by Gasteiger charge is -2.43. The topological polar surface area (TPSA) is 182 Å². The van der Waals surface area contributed by atoms with Crippen LogP contribution in [0.2, 0.25) is 0 Å². The second-order valence-electron chi connectivity index (χ2n) is 5.54. The lowest BCUT2D eigenvalue weighted by Crippen LogP contribution is -2.60. The van der Waals surface area contributed by atoms with Crippen molar-refractivity contribution < 1.29 is 39.6 Å². The summed E-state index contributed by atoms with van der Waals surface area (Å²) in [5.41, 5.74) is 3.70. The molecule has 0 unspecified atom stereocenters. The van der Waals surface area contributed by atoms with Gasteiger partial charge < -0.3 is 31.1 Å². The van der Waals surface area contributed by atoms with E-state index in [-0.39, 0.29) is 13.1 Å². The van der Waals surface area contributed by atoms with E-state index in [1.165, 1.54) is 0 Å². The van der Waals surface area contributed by atoms with Crippen molar-refractivity contribution in [1.29, 1.82) is 0 Å². The molecule has 6 N–H and O–H groups in total. The minimum Gasteiger partial charge on any atom is -0.481 e. The van der Waals surface area contributed by atoms with Crippen LogP contribution in [0.4, 0.5) is 0 Å². The summed E-state index contributed by atoms with van der Waals surface area (Å²) in [5, 5.41) is 36.3. The Labute approximate surface area is 138 Å². The van der Waals surface area contributed by atoms with Crippen LogP contribution in [0, 0.1) is 0 Å². The number of hydrogen-bond donors (Lipinski definition) is 5. The third kappa shape index (κ3) is 7.85. The van der Waals surface area contributed by atoms with Gasteiger partial charge in [0.05, 0.1) is 31.5 Å². The van der Waals surface area contributed by atoms with E-state index in [4.69, 9.17) is 26.2 Å². The molecule has 0 atom stereocenters. The Kier molecular flexibility index (Phi) is 8.89. The monoisotopic (exact) mass is 349 g/mol. The zero-order valence-corrected chi connectivity index (χ0v) is 13.3. The average molecular weight is 349 g/mol. The van der Waals surface area contributed by atoms with E-state index in [9.17, 15) is 19.2 Å². The van der Waals surface area contributed by atoms with Crippen LogP contribution in [0.5, 0.6) is 0 Å². The molecule has 0 spiro atoms. The number of hydrogen-bond acceptors (Lipinski definition) is 7. The smallest absolute Gasteiger partial charge is 0.317 e. The van der Waals surface area contributed by atoms with Crippen molar-refractivity contribution >= 4 is 23.9 Å². The molecule has 0 saturated carbocycles. The first-order valence-corrected chi connectivity index (χ1v) is 7.03. The van der Waals surface area contributed by atoms with E-state index in [2.05, 4.69) is 0 Å². The van der Waals surface area contributed by atoms with Gasteiger partial charge in [0.25, 0.3) is 0 Å². The highest BCUT2D eigenvalue weighted by molar-refractivity contribution is 5.76. The number of aliphatic carboxylic acids is 4. The number of rotatable bonds is 13. The van der Waals surface area contributed by atoms with Gasteiger partial charge >= 0.3 is 23.9 Å². The molecule has 0 aliphatic heterocycles. The molecule has 0 aromatic rings. The number of nitrogens with two attached hydrogens (primary N) is 1. The molecule has 0 saturated heterocycles. The summed E-state index contributed by atoms with van der Waals surface area (Å²) in [6.07, 6.45) is -1.45. The van der Waals surface area contributed by atoms with Gasteiger partial charge in [-0.1, -0.05) is 0 Å². The van der Waals surface area contributed by atoms with Crippen LogP contribution in [0.3, 0.4) is 0 Å². The predicted octanol–water partition coefficient (Wildman–Crippen LogP) is -1.96. The first-order valence-electron chi connectivity index (χ1n) is 7.03. The van der Waals surface area contributed by atoms with Gasteiger partial charge in [-0.05, 0) is 7.05 Å². The summed E-state index contributed by atoms with van der Waals surface area (Å²) < 4.78 is 0.